The lowest BCUT2D eigenvalue weighted by atomic mass is 10.2. The molecule has 0 aliphatic heterocycles. The summed E-state index contributed by atoms with van der Waals surface area (Å²) in [6.07, 6.45) is 2.53. The van der Waals surface area contributed by atoms with E-state index in [0.717, 1.165) is 19.3 Å². The van der Waals surface area contributed by atoms with Crippen LogP contribution in [-0.2, 0) is 14.3 Å². The van der Waals surface area contributed by atoms with Crippen LogP contribution < -0.4 is 5.32 Å². The fourth-order valence-corrected chi connectivity index (χ4v) is 1.27. The van der Waals surface area contributed by atoms with Gasteiger partial charge in [0, 0.05) is 13.0 Å². The van der Waals surface area contributed by atoms with Gasteiger partial charge in [-0.25, -0.2) is 4.79 Å². The minimum Gasteiger partial charge on any atom is -0.463 e. The Bertz CT molecular complexity index is 229. The number of esters is 1. The first-order valence-electron chi connectivity index (χ1n) is 6.16. The van der Waals surface area contributed by atoms with Gasteiger partial charge < -0.3 is 14.8 Å². The monoisotopic (exact) mass is 245 g/mol. The van der Waals surface area contributed by atoms with E-state index in [1.54, 1.807) is 6.92 Å². The highest BCUT2D eigenvalue weighted by Crippen LogP contribution is 2.02. The molecule has 100 valence electrons. The third-order valence-electron chi connectivity index (χ3n) is 1.97. The van der Waals surface area contributed by atoms with Crippen molar-refractivity contribution in [1.29, 1.82) is 0 Å². The van der Waals surface area contributed by atoms with Crippen LogP contribution in [0.4, 0.5) is 4.79 Å². The second-order valence-electron chi connectivity index (χ2n) is 4.00. The van der Waals surface area contributed by atoms with Crippen molar-refractivity contribution in [3.8, 4) is 0 Å². The first kappa shape index (κ1) is 15.7. The van der Waals surface area contributed by atoms with Gasteiger partial charge >= 0.3 is 12.1 Å². The third-order valence-corrected chi connectivity index (χ3v) is 1.97. The molecule has 0 unspecified atom stereocenters. The molecule has 0 saturated heterocycles. The number of ether oxygens (including phenoxy) is 2. The zero-order valence-corrected chi connectivity index (χ0v) is 11.0. The van der Waals surface area contributed by atoms with Gasteiger partial charge in [-0.15, -0.1) is 0 Å². The van der Waals surface area contributed by atoms with Gasteiger partial charge in [-0.3, -0.25) is 4.79 Å². The van der Waals surface area contributed by atoms with E-state index in [1.165, 1.54) is 0 Å². The molecule has 0 aromatic heterocycles. The fourth-order valence-electron chi connectivity index (χ4n) is 1.27. The van der Waals surface area contributed by atoms with E-state index in [4.69, 9.17) is 9.47 Å². The second kappa shape index (κ2) is 9.93. The number of rotatable bonds is 8. The first-order chi connectivity index (χ1) is 8.06. The number of hydrogen-bond acceptors (Lipinski definition) is 4. The summed E-state index contributed by atoms with van der Waals surface area (Å²) in [5.74, 6) is -0.154. The second-order valence-corrected chi connectivity index (χ2v) is 4.00. The van der Waals surface area contributed by atoms with Gasteiger partial charge in [0.05, 0.1) is 12.7 Å². The number of hydrogen-bond donors (Lipinski definition) is 1. The van der Waals surface area contributed by atoms with Crippen LogP contribution in [0, 0.1) is 0 Å². The summed E-state index contributed by atoms with van der Waals surface area (Å²) < 4.78 is 9.70. The molecule has 0 heterocycles. The Morgan fingerprint density at radius 2 is 1.88 bits per heavy atom. The Morgan fingerprint density at radius 3 is 2.47 bits per heavy atom. The Morgan fingerprint density at radius 1 is 1.18 bits per heavy atom. The van der Waals surface area contributed by atoms with E-state index in [1.807, 2.05) is 13.8 Å². The third kappa shape index (κ3) is 11.0. The average molecular weight is 245 g/mol. The van der Waals surface area contributed by atoms with Crippen LogP contribution in [0.3, 0.4) is 0 Å². The zero-order valence-electron chi connectivity index (χ0n) is 11.0. The van der Waals surface area contributed by atoms with Crippen molar-refractivity contribution in [1.82, 2.24) is 5.32 Å². The lowest BCUT2D eigenvalue weighted by Gasteiger charge is -2.07. The predicted molar refractivity (Wildman–Crippen MR) is 64.7 cm³/mol. The fraction of sp³-hybridized carbons (Fsp3) is 0.833. The maximum absolute atomic E-state index is 11.2. The molecule has 5 heteroatoms. The molecule has 0 bridgehead atoms. The number of carbonyl (C=O) groups is 2. The molecule has 1 N–H and O–H groups in total. The maximum atomic E-state index is 11.2. The van der Waals surface area contributed by atoms with Crippen LogP contribution in [0.15, 0.2) is 0 Å². The largest absolute Gasteiger partial charge is 0.463 e. The van der Waals surface area contributed by atoms with E-state index in [0.29, 0.717) is 19.6 Å². The summed E-state index contributed by atoms with van der Waals surface area (Å²) in [4.78, 5) is 22.1. The first-order valence-corrected chi connectivity index (χ1v) is 6.16. The predicted octanol–water partition coefficient (Wildman–Crippen LogP) is 2.24. The van der Waals surface area contributed by atoms with Crippen molar-refractivity contribution in [3.05, 3.63) is 0 Å². The van der Waals surface area contributed by atoms with Crippen LogP contribution in [0.5, 0.6) is 0 Å². The van der Waals surface area contributed by atoms with E-state index < -0.39 is 0 Å². The highest BCUT2D eigenvalue weighted by molar-refractivity contribution is 5.69. The molecule has 0 aromatic rings. The Labute approximate surface area is 103 Å². The van der Waals surface area contributed by atoms with Gasteiger partial charge in [-0.2, -0.15) is 0 Å². The number of nitrogens with one attached hydrogen (secondary N) is 1. The normalized spacial score (nSPS) is 10.1. The van der Waals surface area contributed by atoms with Crippen molar-refractivity contribution in [2.24, 2.45) is 0 Å². The molecule has 0 saturated carbocycles. The lowest BCUT2D eigenvalue weighted by Crippen LogP contribution is -2.25. The van der Waals surface area contributed by atoms with Gasteiger partial charge in [0.15, 0.2) is 0 Å². The Balaban J connectivity index is 3.29. The topological polar surface area (TPSA) is 64.6 Å². The van der Waals surface area contributed by atoms with Crippen molar-refractivity contribution < 1.29 is 19.1 Å². The summed E-state index contributed by atoms with van der Waals surface area (Å²) in [6, 6.07) is 0. The number of amides is 1. The molecule has 0 aromatic carbocycles. The van der Waals surface area contributed by atoms with E-state index in [-0.39, 0.29) is 18.2 Å². The summed E-state index contributed by atoms with van der Waals surface area (Å²) in [7, 11) is 0. The van der Waals surface area contributed by atoms with Crippen molar-refractivity contribution in [3.63, 3.8) is 0 Å². The maximum Gasteiger partial charge on any atom is 0.407 e. The number of unbranched alkanes of at least 4 members (excludes halogenated alkanes) is 2. The quantitative estimate of drug-likeness (QED) is 0.526. The number of alkyl carbamates (subject to hydrolysis) is 1. The minimum atomic E-state index is -0.383. The van der Waals surface area contributed by atoms with E-state index >= 15 is 0 Å². The Kier molecular flexibility index (Phi) is 9.19. The smallest absolute Gasteiger partial charge is 0.407 e. The van der Waals surface area contributed by atoms with Gasteiger partial charge in [0.25, 0.3) is 0 Å². The summed E-state index contributed by atoms with van der Waals surface area (Å²) >= 11 is 0. The average Bonchev–Trinajstić information content (AvgIpc) is 2.22. The molecule has 0 aliphatic carbocycles. The van der Waals surface area contributed by atoms with E-state index in [2.05, 4.69) is 5.32 Å². The van der Waals surface area contributed by atoms with Gasteiger partial charge in [0.1, 0.15) is 0 Å². The van der Waals surface area contributed by atoms with Crippen molar-refractivity contribution in [2.45, 2.75) is 52.6 Å². The molecule has 1 amide bonds. The van der Waals surface area contributed by atoms with Gasteiger partial charge in [-0.05, 0) is 33.6 Å². The highest BCUT2D eigenvalue weighted by atomic mass is 16.5. The van der Waals surface area contributed by atoms with Crippen LogP contribution in [0.1, 0.15) is 46.5 Å². The highest BCUT2D eigenvalue weighted by Gasteiger charge is 2.04. The SMILES string of the molecule is CCOC(=O)NCCCCCC(=O)OC(C)C. The lowest BCUT2D eigenvalue weighted by molar-refractivity contribution is -0.147. The molecule has 0 rings (SSSR count). The van der Waals surface area contributed by atoms with Crippen LogP contribution in [0.25, 0.3) is 0 Å². The van der Waals surface area contributed by atoms with Crippen molar-refractivity contribution >= 4 is 12.1 Å². The number of carbonyl (C=O) groups excluding carboxylic acids is 2. The standard InChI is InChI=1S/C12H23NO4/c1-4-16-12(15)13-9-7-5-6-8-11(14)17-10(2)3/h10H,4-9H2,1-3H3,(H,13,15). The molecular weight excluding hydrogens is 222 g/mol. The van der Waals surface area contributed by atoms with Crippen molar-refractivity contribution in [2.75, 3.05) is 13.2 Å². The zero-order chi connectivity index (χ0) is 13.1. The summed E-state index contributed by atoms with van der Waals surface area (Å²) in [5, 5.41) is 2.63. The van der Waals surface area contributed by atoms with Gasteiger partial charge in [-0.1, -0.05) is 6.42 Å². The molecule has 0 radical (unpaired) electrons. The summed E-state index contributed by atoms with van der Waals surface area (Å²) in [6.45, 7) is 6.40. The summed E-state index contributed by atoms with van der Waals surface area (Å²) in [5.41, 5.74) is 0. The van der Waals surface area contributed by atoms with Crippen LogP contribution >= 0.6 is 0 Å². The van der Waals surface area contributed by atoms with E-state index in [9.17, 15) is 9.59 Å². The molecule has 0 spiro atoms. The van der Waals surface area contributed by atoms with Gasteiger partial charge in [0.2, 0.25) is 0 Å². The molecular formula is C12H23NO4. The molecule has 0 fully saturated rings. The Hall–Kier alpha value is -1.26. The molecule has 0 atom stereocenters. The minimum absolute atomic E-state index is 0.0482. The molecule has 0 aliphatic rings. The van der Waals surface area contributed by atoms with Crippen LogP contribution in [-0.4, -0.2) is 31.3 Å². The van der Waals surface area contributed by atoms with Crippen LogP contribution in [0.2, 0.25) is 0 Å². The molecule has 17 heavy (non-hydrogen) atoms. The molecule has 5 nitrogen and oxygen atoms in total.